The second-order valence-corrected chi connectivity index (χ2v) is 9.17. The standard InChI is InChI=1S/C25H29F6NO2/c1-2-3-17-4-9-21(25(29,30)31)14-19(17)15-32-11-10-16(13-23(33)34)12-22(32)18-5-7-20(8-6-18)24(26,27)28/h4-5,7-9,14,16,18,22H,2-3,6,10-13,15H2,1H3,(H,33,34)/t16-,18?,22+/m0/s1. The van der Waals surface area contributed by atoms with Gasteiger partial charge in [0.2, 0.25) is 0 Å². The monoisotopic (exact) mass is 489 g/mol. The van der Waals surface area contributed by atoms with E-state index in [-0.39, 0.29) is 37.3 Å². The van der Waals surface area contributed by atoms with E-state index < -0.39 is 29.5 Å². The summed E-state index contributed by atoms with van der Waals surface area (Å²) in [5.74, 6) is -1.33. The number of hydrogen-bond acceptors (Lipinski definition) is 2. The number of piperidine rings is 1. The van der Waals surface area contributed by atoms with E-state index in [9.17, 15) is 36.2 Å². The highest BCUT2D eigenvalue weighted by atomic mass is 19.4. The Morgan fingerprint density at radius 2 is 1.85 bits per heavy atom. The Labute approximate surface area is 195 Å². The van der Waals surface area contributed by atoms with Gasteiger partial charge in [-0.05, 0) is 67.3 Å². The van der Waals surface area contributed by atoms with Crippen molar-refractivity contribution in [2.24, 2.45) is 11.8 Å². The summed E-state index contributed by atoms with van der Waals surface area (Å²) in [5.41, 5.74) is -0.0590. The molecule has 1 heterocycles. The molecule has 9 heteroatoms. The molecule has 0 saturated carbocycles. The predicted octanol–water partition coefficient (Wildman–Crippen LogP) is 6.78. The molecule has 0 bridgehead atoms. The van der Waals surface area contributed by atoms with Gasteiger partial charge >= 0.3 is 18.3 Å². The molecule has 2 aliphatic rings. The van der Waals surface area contributed by atoms with Crippen LogP contribution < -0.4 is 0 Å². The number of alkyl halides is 6. The van der Waals surface area contributed by atoms with Gasteiger partial charge < -0.3 is 5.11 Å². The number of rotatable bonds is 7. The summed E-state index contributed by atoms with van der Waals surface area (Å²) < 4.78 is 79.2. The number of aliphatic carboxylic acids is 1. The maximum absolute atomic E-state index is 13.4. The summed E-state index contributed by atoms with van der Waals surface area (Å²) in [6.07, 6.45) is -2.65. The molecular weight excluding hydrogens is 460 g/mol. The lowest BCUT2D eigenvalue weighted by Gasteiger charge is -2.43. The fourth-order valence-corrected chi connectivity index (χ4v) is 5.01. The molecule has 1 aromatic rings. The number of hydrogen-bond donors (Lipinski definition) is 1. The van der Waals surface area contributed by atoms with Crippen molar-refractivity contribution in [3.8, 4) is 0 Å². The zero-order valence-corrected chi connectivity index (χ0v) is 18.9. The van der Waals surface area contributed by atoms with Gasteiger partial charge in [-0.1, -0.05) is 37.6 Å². The average molecular weight is 490 g/mol. The lowest BCUT2D eigenvalue weighted by atomic mass is 9.79. The zero-order chi connectivity index (χ0) is 25.1. The average Bonchev–Trinajstić information content (AvgIpc) is 2.74. The Morgan fingerprint density at radius 1 is 1.12 bits per heavy atom. The molecule has 3 rings (SSSR count). The van der Waals surface area contributed by atoms with E-state index in [1.807, 2.05) is 11.8 Å². The molecular formula is C25H29F6NO2. The molecule has 0 radical (unpaired) electrons. The molecule has 0 aromatic heterocycles. The van der Waals surface area contributed by atoms with Crippen molar-refractivity contribution < 1.29 is 36.2 Å². The fourth-order valence-electron chi connectivity index (χ4n) is 5.01. The number of carboxylic acids is 1. The molecule has 1 aliphatic heterocycles. The molecule has 1 fully saturated rings. The molecule has 34 heavy (non-hydrogen) atoms. The minimum atomic E-state index is -4.47. The van der Waals surface area contributed by atoms with Crippen LogP contribution >= 0.6 is 0 Å². The van der Waals surface area contributed by atoms with Gasteiger partial charge in [0, 0.05) is 19.0 Å². The van der Waals surface area contributed by atoms with Crippen molar-refractivity contribution in [3.05, 3.63) is 58.7 Å². The number of carbonyl (C=O) groups is 1. The van der Waals surface area contributed by atoms with E-state index in [0.717, 1.165) is 30.2 Å². The number of aryl methyl sites for hydroxylation is 1. The highest BCUT2D eigenvalue weighted by Gasteiger charge is 2.38. The Morgan fingerprint density at radius 3 is 2.41 bits per heavy atom. The Kier molecular flexibility index (Phi) is 8.16. The normalized spacial score (nSPS) is 24.2. The number of halogens is 6. The van der Waals surface area contributed by atoms with Crippen molar-refractivity contribution >= 4 is 5.97 Å². The summed E-state index contributed by atoms with van der Waals surface area (Å²) in [6.45, 7) is 2.66. The number of allylic oxidation sites excluding steroid dienone is 3. The topological polar surface area (TPSA) is 40.5 Å². The van der Waals surface area contributed by atoms with Crippen LogP contribution in [0.5, 0.6) is 0 Å². The van der Waals surface area contributed by atoms with E-state index in [0.29, 0.717) is 31.4 Å². The minimum Gasteiger partial charge on any atom is -0.481 e. The van der Waals surface area contributed by atoms with Crippen molar-refractivity contribution in [1.29, 1.82) is 0 Å². The summed E-state index contributed by atoms with van der Waals surface area (Å²) in [5, 5.41) is 9.22. The third-order valence-corrected chi connectivity index (χ3v) is 6.71. The van der Waals surface area contributed by atoms with Crippen LogP contribution in [0.25, 0.3) is 0 Å². The number of benzene rings is 1. The van der Waals surface area contributed by atoms with E-state index in [4.69, 9.17) is 0 Å². The van der Waals surface area contributed by atoms with Crippen molar-refractivity contribution in [2.75, 3.05) is 6.54 Å². The number of carboxylic acid groups (broad SMARTS) is 1. The highest BCUT2D eigenvalue weighted by molar-refractivity contribution is 5.67. The molecule has 1 aliphatic carbocycles. The molecule has 0 amide bonds. The van der Waals surface area contributed by atoms with Gasteiger partial charge in [0.1, 0.15) is 0 Å². The SMILES string of the molecule is CCCc1ccc(C(F)(F)F)cc1CN1CC[C@H](CC(=O)O)C[C@@H]1C1C=CC(C(F)(F)F)=CC1. The first-order valence-electron chi connectivity index (χ1n) is 11.5. The fraction of sp³-hybridized carbons (Fsp3) is 0.560. The van der Waals surface area contributed by atoms with Gasteiger partial charge in [-0.25, -0.2) is 0 Å². The maximum atomic E-state index is 13.4. The number of likely N-dealkylation sites (tertiary alicyclic amines) is 1. The van der Waals surface area contributed by atoms with Gasteiger partial charge in [-0.3, -0.25) is 9.69 Å². The van der Waals surface area contributed by atoms with E-state index in [1.165, 1.54) is 18.2 Å². The maximum Gasteiger partial charge on any atom is 0.416 e. The first-order chi connectivity index (χ1) is 15.9. The van der Waals surface area contributed by atoms with Gasteiger partial charge in [0.05, 0.1) is 11.1 Å². The first-order valence-corrected chi connectivity index (χ1v) is 11.5. The van der Waals surface area contributed by atoms with Crippen LogP contribution in [-0.2, 0) is 23.9 Å². The molecule has 1 saturated heterocycles. The van der Waals surface area contributed by atoms with Crippen LogP contribution in [0.2, 0.25) is 0 Å². The minimum absolute atomic E-state index is 0.0327. The third kappa shape index (κ3) is 6.64. The van der Waals surface area contributed by atoms with E-state index >= 15 is 0 Å². The quantitative estimate of drug-likeness (QED) is 0.430. The second-order valence-electron chi connectivity index (χ2n) is 9.17. The van der Waals surface area contributed by atoms with Gasteiger partial charge in [-0.2, -0.15) is 26.3 Å². The summed E-state index contributed by atoms with van der Waals surface area (Å²) in [7, 11) is 0. The molecule has 1 aromatic carbocycles. The highest BCUT2D eigenvalue weighted by Crippen LogP contribution is 2.38. The largest absolute Gasteiger partial charge is 0.481 e. The van der Waals surface area contributed by atoms with E-state index in [1.54, 1.807) is 0 Å². The smallest absolute Gasteiger partial charge is 0.416 e. The zero-order valence-electron chi connectivity index (χ0n) is 18.9. The Bertz CT molecular complexity index is 934. The predicted molar refractivity (Wildman–Crippen MR) is 116 cm³/mol. The van der Waals surface area contributed by atoms with Crippen LogP contribution in [0, 0.1) is 11.8 Å². The lowest BCUT2D eigenvalue weighted by Crippen LogP contribution is -2.46. The second kappa shape index (κ2) is 10.5. The summed E-state index contributed by atoms with van der Waals surface area (Å²) in [4.78, 5) is 13.3. The van der Waals surface area contributed by atoms with Crippen LogP contribution in [0.4, 0.5) is 26.3 Å². The van der Waals surface area contributed by atoms with Crippen molar-refractivity contribution in [1.82, 2.24) is 4.90 Å². The summed E-state index contributed by atoms with van der Waals surface area (Å²) in [6, 6.07) is 3.50. The van der Waals surface area contributed by atoms with Crippen LogP contribution in [0.15, 0.2) is 42.0 Å². The summed E-state index contributed by atoms with van der Waals surface area (Å²) >= 11 is 0. The van der Waals surface area contributed by atoms with Crippen molar-refractivity contribution in [2.45, 2.75) is 70.4 Å². The van der Waals surface area contributed by atoms with E-state index in [2.05, 4.69) is 0 Å². The Balaban J connectivity index is 1.88. The lowest BCUT2D eigenvalue weighted by molar-refractivity contribution is -0.139. The van der Waals surface area contributed by atoms with Crippen LogP contribution in [0.3, 0.4) is 0 Å². The van der Waals surface area contributed by atoms with Gasteiger partial charge in [0.15, 0.2) is 0 Å². The Hall–Kier alpha value is -2.29. The molecule has 3 nitrogen and oxygen atoms in total. The van der Waals surface area contributed by atoms with Gasteiger partial charge in [-0.15, -0.1) is 0 Å². The number of nitrogens with zero attached hydrogens (tertiary/aromatic N) is 1. The van der Waals surface area contributed by atoms with Crippen LogP contribution in [-0.4, -0.2) is 34.7 Å². The molecule has 3 atom stereocenters. The van der Waals surface area contributed by atoms with Crippen molar-refractivity contribution in [3.63, 3.8) is 0 Å². The molecule has 0 spiro atoms. The third-order valence-electron chi connectivity index (χ3n) is 6.71. The first kappa shape index (κ1) is 26.3. The van der Waals surface area contributed by atoms with Crippen LogP contribution in [0.1, 0.15) is 55.7 Å². The molecule has 1 unspecified atom stereocenters. The molecule has 1 N–H and O–H groups in total. The van der Waals surface area contributed by atoms with Gasteiger partial charge in [0.25, 0.3) is 0 Å². The molecule has 188 valence electrons.